The molecule has 1 heterocycles. The van der Waals surface area contributed by atoms with Gasteiger partial charge in [-0.05, 0) is 30.9 Å². The lowest BCUT2D eigenvalue weighted by Gasteiger charge is -2.11. The number of hydrogen-bond donors (Lipinski definition) is 1. The van der Waals surface area contributed by atoms with Crippen LogP contribution in [0.15, 0.2) is 27.5 Å². The quantitative estimate of drug-likeness (QED) is 0.845. The van der Waals surface area contributed by atoms with Gasteiger partial charge in [0.15, 0.2) is 5.43 Å². The lowest BCUT2D eigenvalue weighted by atomic mass is 10.0. The molecule has 94 valence electrons. The molecule has 0 radical (unpaired) electrons. The Bertz CT molecular complexity index is 659. The van der Waals surface area contributed by atoms with Gasteiger partial charge in [0.25, 0.3) is 0 Å². The Morgan fingerprint density at radius 3 is 2.67 bits per heavy atom. The number of halogens is 2. The number of hydrogen-bond acceptors (Lipinski definition) is 1. The normalized spacial score (nSPS) is 16.6. The van der Waals surface area contributed by atoms with E-state index in [2.05, 4.69) is 20.9 Å². The molecule has 1 aromatic carbocycles. The standard InChI is InChI=1S/C14H13BrFNO/c15-9-5-10-13(18)7-12(8-3-1-2-4-8)17-14(10)11(16)6-9/h5-8H,1-4H2,(H,17,18). The minimum absolute atomic E-state index is 0.106. The van der Waals surface area contributed by atoms with Gasteiger partial charge in [-0.2, -0.15) is 0 Å². The molecule has 0 saturated heterocycles. The van der Waals surface area contributed by atoms with Gasteiger partial charge in [0.2, 0.25) is 0 Å². The zero-order valence-corrected chi connectivity index (χ0v) is 11.4. The monoisotopic (exact) mass is 309 g/mol. The van der Waals surface area contributed by atoms with Crippen LogP contribution < -0.4 is 5.43 Å². The molecule has 1 saturated carbocycles. The highest BCUT2D eigenvalue weighted by Crippen LogP contribution is 2.33. The number of benzene rings is 1. The van der Waals surface area contributed by atoms with Gasteiger partial charge in [0.05, 0.1) is 5.52 Å². The largest absolute Gasteiger partial charge is 0.356 e. The van der Waals surface area contributed by atoms with Gasteiger partial charge >= 0.3 is 0 Å². The van der Waals surface area contributed by atoms with Crippen molar-refractivity contribution < 1.29 is 4.39 Å². The van der Waals surface area contributed by atoms with Crippen LogP contribution in [-0.2, 0) is 0 Å². The van der Waals surface area contributed by atoms with Crippen LogP contribution in [-0.4, -0.2) is 4.98 Å². The average Bonchev–Trinajstić information content (AvgIpc) is 2.83. The fraction of sp³-hybridized carbons (Fsp3) is 0.357. The minimum Gasteiger partial charge on any atom is -0.356 e. The van der Waals surface area contributed by atoms with Gasteiger partial charge < -0.3 is 4.98 Å². The van der Waals surface area contributed by atoms with Crippen LogP contribution >= 0.6 is 15.9 Å². The van der Waals surface area contributed by atoms with E-state index < -0.39 is 0 Å². The number of aromatic amines is 1. The average molecular weight is 310 g/mol. The van der Waals surface area contributed by atoms with Gasteiger partial charge in [-0.3, -0.25) is 4.79 Å². The number of fused-ring (bicyclic) bond motifs is 1. The summed E-state index contributed by atoms with van der Waals surface area (Å²) in [7, 11) is 0. The first-order chi connectivity index (χ1) is 8.65. The van der Waals surface area contributed by atoms with Crippen LogP contribution in [0.3, 0.4) is 0 Å². The zero-order valence-electron chi connectivity index (χ0n) is 9.80. The summed E-state index contributed by atoms with van der Waals surface area (Å²) in [4.78, 5) is 15.2. The molecule has 2 nitrogen and oxygen atoms in total. The summed E-state index contributed by atoms with van der Waals surface area (Å²) in [6.45, 7) is 0. The first kappa shape index (κ1) is 11.9. The summed E-state index contributed by atoms with van der Waals surface area (Å²) in [5, 5.41) is 0.406. The van der Waals surface area contributed by atoms with Crippen molar-refractivity contribution in [2.24, 2.45) is 0 Å². The van der Waals surface area contributed by atoms with E-state index in [1.54, 1.807) is 12.1 Å². The molecule has 0 aliphatic heterocycles. The van der Waals surface area contributed by atoms with Crippen molar-refractivity contribution in [3.05, 3.63) is 44.4 Å². The summed E-state index contributed by atoms with van der Waals surface area (Å²) in [5.74, 6) is 0.00136. The lowest BCUT2D eigenvalue weighted by Crippen LogP contribution is -2.08. The Balaban J connectivity index is 2.23. The Kier molecular flexibility index (Phi) is 2.98. The van der Waals surface area contributed by atoms with E-state index >= 15 is 0 Å². The molecule has 4 heteroatoms. The van der Waals surface area contributed by atoms with Gasteiger partial charge in [-0.15, -0.1) is 0 Å². The topological polar surface area (TPSA) is 32.9 Å². The molecule has 0 atom stereocenters. The molecule has 0 spiro atoms. The van der Waals surface area contributed by atoms with E-state index in [1.165, 1.54) is 18.9 Å². The van der Waals surface area contributed by atoms with Crippen molar-refractivity contribution in [2.45, 2.75) is 31.6 Å². The molecule has 3 rings (SSSR count). The minimum atomic E-state index is -0.378. The van der Waals surface area contributed by atoms with Crippen molar-refractivity contribution in [3.8, 4) is 0 Å². The Labute approximate surface area is 112 Å². The first-order valence-corrected chi connectivity index (χ1v) is 6.96. The Morgan fingerprint density at radius 2 is 1.94 bits per heavy atom. The second-order valence-electron chi connectivity index (χ2n) is 4.88. The predicted octanol–water partition coefficient (Wildman–Crippen LogP) is 4.09. The highest BCUT2D eigenvalue weighted by atomic mass is 79.9. The zero-order chi connectivity index (χ0) is 12.7. The maximum atomic E-state index is 13.9. The smallest absolute Gasteiger partial charge is 0.189 e. The summed E-state index contributed by atoms with van der Waals surface area (Å²) in [6.07, 6.45) is 4.54. The molecule has 1 N–H and O–H groups in total. The molecule has 1 fully saturated rings. The maximum absolute atomic E-state index is 13.9. The molecule has 1 aromatic heterocycles. The third kappa shape index (κ3) is 1.99. The Morgan fingerprint density at radius 1 is 1.22 bits per heavy atom. The van der Waals surface area contributed by atoms with Crippen molar-refractivity contribution in [3.63, 3.8) is 0 Å². The molecule has 1 aliphatic rings. The SMILES string of the molecule is O=c1cc(C2CCCC2)[nH]c2c(F)cc(Br)cc12. The van der Waals surface area contributed by atoms with Gasteiger partial charge in [-0.1, -0.05) is 28.8 Å². The van der Waals surface area contributed by atoms with Crippen LogP contribution in [0.4, 0.5) is 4.39 Å². The molecule has 18 heavy (non-hydrogen) atoms. The van der Waals surface area contributed by atoms with Crippen LogP contribution in [0.2, 0.25) is 0 Å². The number of rotatable bonds is 1. The lowest BCUT2D eigenvalue weighted by molar-refractivity contribution is 0.632. The second-order valence-corrected chi connectivity index (χ2v) is 5.80. The number of aromatic nitrogens is 1. The van der Waals surface area contributed by atoms with E-state index in [0.29, 0.717) is 21.3 Å². The first-order valence-electron chi connectivity index (χ1n) is 6.17. The summed E-state index contributed by atoms with van der Waals surface area (Å²) < 4.78 is 14.5. The molecule has 0 bridgehead atoms. The van der Waals surface area contributed by atoms with Crippen LogP contribution in [0.1, 0.15) is 37.3 Å². The highest BCUT2D eigenvalue weighted by molar-refractivity contribution is 9.10. The summed E-state index contributed by atoms with van der Waals surface area (Å²) in [6, 6.07) is 4.68. The van der Waals surface area contributed by atoms with E-state index in [4.69, 9.17) is 0 Å². The third-order valence-corrected chi connectivity index (χ3v) is 4.13. The third-order valence-electron chi connectivity index (χ3n) is 3.67. The van der Waals surface area contributed by atoms with E-state index in [-0.39, 0.29) is 11.2 Å². The molecule has 2 aromatic rings. The van der Waals surface area contributed by atoms with E-state index in [0.717, 1.165) is 18.5 Å². The molecule has 1 aliphatic carbocycles. The summed E-state index contributed by atoms with van der Waals surface area (Å²) >= 11 is 3.21. The maximum Gasteiger partial charge on any atom is 0.189 e. The molecular weight excluding hydrogens is 297 g/mol. The van der Waals surface area contributed by atoms with Crippen molar-refractivity contribution in [1.29, 1.82) is 0 Å². The van der Waals surface area contributed by atoms with Gasteiger partial charge in [0, 0.05) is 21.6 Å². The molecule has 0 unspecified atom stereocenters. The van der Waals surface area contributed by atoms with Gasteiger partial charge in [0.1, 0.15) is 5.82 Å². The second kappa shape index (κ2) is 4.50. The fourth-order valence-corrected chi connectivity index (χ4v) is 3.18. The van der Waals surface area contributed by atoms with Crippen molar-refractivity contribution in [1.82, 2.24) is 4.98 Å². The van der Waals surface area contributed by atoms with Crippen LogP contribution in [0, 0.1) is 5.82 Å². The number of H-pyrrole nitrogens is 1. The molecular formula is C14H13BrFNO. The molecule has 0 amide bonds. The number of nitrogens with one attached hydrogen (secondary N) is 1. The van der Waals surface area contributed by atoms with Crippen molar-refractivity contribution >= 4 is 26.8 Å². The number of pyridine rings is 1. The van der Waals surface area contributed by atoms with Crippen LogP contribution in [0.5, 0.6) is 0 Å². The Hall–Kier alpha value is -1.16. The van der Waals surface area contributed by atoms with E-state index in [1.807, 2.05) is 0 Å². The highest BCUT2D eigenvalue weighted by Gasteiger charge is 2.19. The predicted molar refractivity (Wildman–Crippen MR) is 73.4 cm³/mol. The van der Waals surface area contributed by atoms with Crippen molar-refractivity contribution in [2.75, 3.05) is 0 Å². The van der Waals surface area contributed by atoms with Crippen LogP contribution in [0.25, 0.3) is 10.9 Å². The van der Waals surface area contributed by atoms with E-state index in [9.17, 15) is 9.18 Å². The summed E-state index contributed by atoms with van der Waals surface area (Å²) in [5.41, 5.74) is 1.10. The fourth-order valence-electron chi connectivity index (χ4n) is 2.75. The van der Waals surface area contributed by atoms with Gasteiger partial charge in [-0.25, -0.2) is 4.39 Å².